The van der Waals surface area contributed by atoms with Gasteiger partial charge >= 0.3 is 0 Å². The topological polar surface area (TPSA) is 21.3 Å². The molecule has 0 bridgehead atoms. The Kier molecular flexibility index (Phi) is 5.68. The van der Waals surface area contributed by atoms with Crippen molar-refractivity contribution < 1.29 is 4.74 Å². The van der Waals surface area contributed by atoms with E-state index >= 15 is 0 Å². The number of methoxy groups -OCH3 is 1. The molecule has 1 saturated carbocycles. The molecule has 0 amide bonds. The molecule has 2 rings (SSSR count). The Morgan fingerprint density at radius 2 is 1.79 bits per heavy atom. The molecule has 1 aliphatic rings. The van der Waals surface area contributed by atoms with Gasteiger partial charge in [-0.05, 0) is 43.5 Å². The lowest BCUT2D eigenvalue weighted by molar-refractivity contribution is 0.00941. The van der Waals surface area contributed by atoms with Gasteiger partial charge in [-0.1, -0.05) is 43.0 Å². The van der Waals surface area contributed by atoms with Crippen LogP contribution in [0.25, 0.3) is 0 Å². The van der Waals surface area contributed by atoms with Crippen molar-refractivity contribution in [3.8, 4) is 0 Å². The predicted molar refractivity (Wildman–Crippen MR) is 80.6 cm³/mol. The second-order valence-electron chi connectivity index (χ2n) is 5.42. The van der Waals surface area contributed by atoms with Gasteiger partial charge in [0.15, 0.2) is 0 Å². The van der Waals surface area contributed by atoms with Gasteiger partial charge in [0.1, 0.15) is 0 Å². The van der Waals surface area contributed by atoms with Gasteiger partial charge < -0.3 is 10.1 Å². The molecule has 2 unspecified atom stereocenters. The summed E-state index contributed by atoms with van der Waals surface area (Å²) in [6.07, 6.45) is 6.85. The highest BCUT2D eigenvalue weighted by molar-refractivity contribution is 6.30. The van der Waals surface area contributed by atoms with E-state index in [1.54, 1.807) is 0 Å². The summed E-state index contributed by atoms with van der Waals surface area (Å²) in [6, 6.07) is 8.34. The Morgan fingerprint density at radius 1 is 1.16 bits per heavy atom. The quantitative estimate of drug-likeness (QED) is 0.873. The number of benzene rings is 1. The summed E-state index contributed by atoms with van der Waals surface area (Å²) in [6.45, 7) is 0. The molecule has 3 heteroatoms. The standard InChI is InChI=1S/C16H24ClNO/c1-18-15(12-8-10-14(17)11-9-12)16(19-2)13-6-4-3-5-7-13/h8-11,13,15-16,18H,3-7H2,1-2H3. The van der Waals surface area contributed by atoms with Crippen molar-refractivity contribution in [2.75, 3.05) is 14.2 Å². The molecule has 1 N–H and O–H groups in total. The third kappa shape index (κ3) is 3.71. The van der Waals surface area contributed by atoms with Crippen LogP contribution in [0.2, 0.25) is 5.02 Å². The maximum atomic E-state index is 5.97. The molecule has 0 heterocycles. The molecule has 1 aromatic rings. The van der Waals surface area contributed by atoms with E-state index in [0.29, 0.717) is 5.92 Å². The zero-order chi connectivity index (χ0) is 13.7. The summed E-state index contributed by atoms with van der Waals surface area (Å²) in [5.41, 5.74) is 1.25. The molecule has 1 aliphatic carbocycles. The highest BCUT2D eigenvalue weighted by Crippen LogP contribution is 2.34. The van der Waals surface area contributed by atoms with Gasteiger partial charge in [-0.25, -0.2) is 0 Å². The van der Waals surface area contributed by atoms with Crippen LogP contribution in [0, 0.1) is 5.92 Å². The van der Waals surface area contributed by atoms with Crippen LogP contribution in [-0.4, -0.2) is 20.3 Å². The maximum Gasteiger partial charge on any atom is 0.0793 e. The molecule has 0 spiro atoms. The van der Waals surface area contributed by atoms with Gasteiger partial charge in [-0.2, -0.15) is 0 Å². The number of rotatable bonds is 5. The highest BCUT2D eigenvalue weighted by Gasteiger charge is 2.30. The maximum absolute atomic E-state index is 5.97. The fraction of sp³-hybridized carbons (Fsp3) is 0.625. The van der Waals surface area contributed by atoms with Crippen molar-refractivity contribution in [3.05, 3.63) is 34.9 Å². The fourth-order valence-corrected chi connectivity index (χ4v) is 3.38. The summed E-state index contributed by atoms with van der Waals surface area (Å²) >= 11 is 5.97. The number of nitrogens with one attached hydrogen (secondary N) is 1. The lowest BCUT2D eigenvalue weighted by Gasteiger charge is -2.35. The van der Waals surface area contributed by atoms with E-state index in [4.69, 9.17) is 16.3 Å². The smallest absolute Gasteiger partial charge is 0.0793 e. The van der Waals surface area contributed by atoms with Crippen LogP contribution in [0.3, 0.4) is 0 Å². The number of hydrogen-bond donors (Lipinski definition) is 1. The van der Waals surface area contributed by atoms with Crippen LogP contribution < -0.4 is 5.32 Å². The average Bonchev–Trinajstić information content (AvgIpc) is 2.47. The van der Waals surface area contributed by atoms with E-state index in [-0.39, 0.29) is 12.1 Å². The largest absolute Gasteiger partial charge is 0.379 e. The molecule has 0 aliphatic heterocycles. The molecule has 0 radical (unpaired) electrons. The van der Waals surface area contributed by atoms with Gasteiger partial charge in [0.05, 0.1) is 12.1 Å². The van der Waals surface area contributed by atoms with Crippen molar-refractivity contribution >= 4 is 11.6 Å². The summed E-state index contributed by atoms with van der Waals surface area (Å²) in [5, 5.41) is 4.20. The normalized spacial score (nSPS) is 20.2. The molecule has 1 aromatic carbocycles. The van der Waals surface area contributed by atoms with Crippen LogP contribution in [-0.2, 0) is 4.74 Å². The molecular formula is C16H24ClNO. The lowest BCUT2D eigenvalue weighted by atomic mass is 9.81. The Morgan fingerprint density at radius 3 is 2.32 bits per heavy atom. The highest BCUT2D eigenvalue weighted by atomic mass is 35.5. The first-order valence-corrected chi connectivity index (χ1v) is 7.59. The zero-order valence-corrected chi connectivity index (χ0v) is 12.6. The summed E-state index contributed by atoms with van der Waals surface area (Å²) in [4.78, 5) is 0. The van der Waals surface area contributed by atoms with Gasteiger partial charge in [-0.3, -0.25) is 0 Å². The van der Waals surface area contributed by atoms with E-state index in [1.807, 2.05) is 26.3 Å². The summed E-state index contributed by atoms with van der Waals surface area (Å²) < 4.78 is 5.83. The van der Waals surface area contributed by atoms with E-state index in [1.165, 1.54) is 37.7 Å². The van der Waals surface area contributed by atoms with Crippen LogP contribution in [0.4, 0.5) is 0 Å². The van der Waals surface area contributed by atoms with Crippen molar-refractivity contribution in [2.45, 2.75) is 44.2 Å². The van der Waals surface area contributed by atoms with Crippen molar-refractivity contribution in [1.29, 1.82) is 0 Å². The third-order valence-electron chi connectivity index (χ3n) is 4.26. The number of ether oxygens (including phenoxy) is 1. The van der Waals surface area contributed by atoms with Crippen LogP contribution >= 0.6 is 11.6 Å². The van der Waals surface area contributed by atoms with E-state index in [9.17, 15) is 0 Å². The molecule has 19 heavy (non-hydrogen) atoms. The first-order chi connectivity index (χ1) is 9.26. The summed E-state index contributed by atoms with van der Waals surface area (Å²) in [5.74, 6) is 0.659. The van der Waals surface area contributed by atoms with Crippen molar-refractivity contribution in [2.24, 2.45) is 5.92 Å². The zero-order valence-electron chi connectivity index (χ0n) is 11.9. The molecule has 2 atom stereocenters. The number of halogens is 1. The minimum Gasteiger partial charge on any atom is -0.379 e. The van der Waals surface area contributed by atoms with Gasteiger partial charge in [0, 0.05) is 12.1 Å². The Labute approximate surface area is 121 Å². The number of hydrogen-bond acceptors (Lipinski definition) is 2. The van der Waals surface area contributed by atoms with Crippen molar-refractivity contribution in [1.82, 2.24) is 5.32 Å². The van der Waals surface area contributed by atoms with E-state index < -0.39 is 0 Å². The van der Waals surface area contributed by atoms with Gasteiger partial charge in [0.25, 0.3) is 0 Å². The molecule has 0 aromatic heterocycles. The van der Waals surface area contributed by atoms with Gasteiger partial charge in [0.2, 0.25) is 0 Å². The minimum absolute atomic E-state index is 0.241. The fourth-order valence-electron chi connectivity index (χ4n) is 3.25. The van der Waals surface area contributed by atoms with Gasteiger partial charge in [-0.15, -0.1) is 0 Å². The Hall–Kier alpha value is -0.570. The van der Waals surface area contributed by atoms with Crippen LogP contribution in [0.15, 0.2) is 24.3 Å². The van der Waals surface area contributed by atoms with E-state index in [0.717, 1.165) is 5.02 Å². The first kappa shape index (κ1) is 14.8. The molecule has 2 nitrogen and oxygen atoms in total. The second kappa shape index (κ2) is 7.28. The monoisotopic (exact) mass is 281 g/mol. The molecule has 0 saturated heterocycles. The predicted octanol–water partition coefficient (Wildman–Crippen LogP) is 4.20. The Balaban J connectivity index is 2.15. The second-order valence-corrected chi connectivity index (χ2v) is 5.85. The minimum atomic E-state index is 0.241. The average molecular weight is 282 g/mol. The van der Waals surface area contributed by atoms with Crippen molar-refractivity contribution in [3.63, 3.8) is 0 Å². The molecular weight excluding hydrogens is 258 g/mol. The first-order valence-electron chi connectivity index (χ1n) is 7.21. The summed E-state index contributed by atoms with van der Waals surface area (Å²) in [7, 11) is 3.84. The van der Waals surface area contributed by atoms with E-state index in [2.05, 4.69) is 17.4 Å². The van der Waals surface area contributed by atoms with Crippen LogP contribution in [0.1, 0.15) is 43.7 Å². The molecule has 1 fully saturated rings. The number of likely N-dealkylation sites (N-methyl/N-ethyl adjacent to an activating group) is 1. The molecule has 106 valence electrons. The van der Waals surface area contributed by atoms with Crippen LogP contribution in [0.5, 0.6) is 0 Å². The lowest BCUT2D eigenvalue weighted by Crippen LogP contribution is -2.37. The SMILES string of the molecule is CNC(c1ccc(Cl)cc1)C(OC)C1CCCCC1. The Bertz CT molecular complexity index is 373. The third-order valence-corrected chi connectivity index (χ3v) is 4.51.